The minimum Gasteiger partial charge on any atom is -0.327 e. The monoisotopic (exact) mass is 180 g/mol. The van der Waals surface area contributed by atoms with Gasteiger partial charge in [-0.2, -0.15) is 0 Å². The Balaban J connectivity index is 2.24. The molecule has 13 heavy (non-hydrogen) atoms. The lowest BCUT2D eigenvalue weighted by Crippen LogP contribution is -2.46. The SMILES string of the molecule is CC#CCCN1CCC(N)C(C)C1. The summed E-state index contributed by atoms with van der Waals surface area (Å²) in [5.41, 5.74) is 5.94. The molecule has 0 radical (unpaired) electrons. The van der Waals surface area contributed by atoms with Crippen LogP contribution in [0.15, 0.2) is 0 Å². The molecule has 2 unspecified atom stereocenters. The Bertz CT molecular complexity index is 202. The molecule has 0 saturated carbocycles. The van der Waals surface area contributed by atoms with E-state index in [0.717, 1.165) is 32.5 Å². The van der Waals surface area contributed by atoms with Gasteiger partial charge in [-0.05, 0) is 25.8 Å². The van der Waals surface area contributed by atoms with Gasteiger partial charge in [-0.25, -0.2) is 0 Å². The molecule has 0 aromatic heterocycles. The third-order valence-electron chi connectivity index (χ3n) is 2.79. The van der Waals surface area contributed by atoms with Gasteiger partial charge < -0.3 is 10.6 Å². The molecule has 1 fully saturated rings. The first-order valence-corrected chi connectivity index (χ1v) is 5.11. The van der Waals surface area contributed by atoms with Crippen molar-refractivity contribution in [2.45, 2.75) is 32.7 Å². The molecule has 0 amide bonds. The Hall–Kier alpha value is -0.520. The highest BCUT2D eigenvalue weighted by atomic mass is 15.1. The van der Waals surface area contributed by atoms with Crippen LogP contribution in [0, 0.1) is 17.8 Å². The van der Waals surface area contributed by atoms with Gasteiger partial charge in [-0.3, -0.25) is 0 Å². The van der Waals surface area contributed by atoms with Crippen molar-refractivity contribution in [3.05, 3.63) is 0 Å². The number of hydrogen-bond acceptors (Lipinski definition) is 2. The molecule has 2 nitrogen and oxygen atoms in total. The minimum atomic E-state index is 0.411. The lowest BCUT2D eigenvalue weighted by atomic mass is 9.95. The molecule has 1 heterocycles. The highest BCUT2D eigenvalue weighted by Gasteiger charge is 2.21. The van der Waals surface area contributed by atoms with E-state index < -0.39 is 0 Å². The molecule has 1 aliphatic heterocycles. The molecule has 2 N–H and O–H groups in total. The zero-order valence-corrected chi connectivity index (χ0v) is 8.71. The number of nitrogens with zero attached hydrogens (tertiary/aromatic N) is 1. The molecular weight excluding hydrogens is 160 g/mol. The van der Waals surface area contributed by atoms with Crippen LogP contribution in [-0.2, 0) is 0 Å². The first kappa shape index (κ1) is 10.6. The predicted molar refractivity (Wildman–Crippen MR) is 56.3 cm³/mol. The molecule has 2 heteroatoms. The quantitative estimate of drug-likeness (QED) is 0.644. The Kier molecular flexibility index (Phi) is 4.27. The van der Waals surface area contributed by atoms with Gasteiger partial charge in [-0.1, -0.05) is 6.92 Å². The van der Waals surface area contributed by atoms with Gasteiger partial charge in [0.05, 0.1) is 0 Å². The Labute approximate surface area is 81.5 Å². The van der Waals surface area contributed by atoms with Crippen molar-refractivity contribution in [3.63, 3.8) is 0 Å². The highest BCUT2D eigenvalue weighted by molar-refractivity contribution is 4.95. The van der Waals surface area contributed by atoms with Crippen LogP contribution in [0.4, 0.5) is 0 Å². The molecule has 1 rings (SSSR count). The van der Waals surface area contributed by atoms with Gasteiger partial charge in [-0.15, -0.1) is 11.8 Å². The van der Waals surface area contributed by atoms with Crippen molar-refractivity contribution in [2.24, 2.45) is 11.7 Å². The van der Waals surface area contributed by atoms with Crippen molar-refractivity contribution in [2.75, 3.05) is 19.6 Å². The summed E-state index contributed by atoms with van der Waals surface area (Å²) in [5.74, 6) is 6.67. The fraction of sp³-hybridized carbons (Fsp3) is 0.818. The summed E-state index contributed by atoms with van der Waals surface area (Å²) >= 11 is 0. The number of nitrogens with two attached hydrogens (primary N) is 1. The number of likely N-dealkylation sites (tertiary alicyclic amines) is 1. The fourth-order valence-electron chi connectivity index (χ4n) is 1.79. The van der Waals surface area contributed by atoms with Gasteiger partial charge in [0.15, 0.2) is 0 Å². The third kappa shape index (κ3) is 3.38. The van der Waals surface area contributed by atoms with Crippen LogP contribution < -0.4 is 5.73 Å². The highest BCUT2D eigenvalue weighted by Crippen LogP contribution is 2.14. The number of rotatable bonds is 2. The summed E-state index contributed by atoms with van der Waals surface area (Å²) in [4.78, 5) is 2.47. The maximum atomic E-state index is 5.94. The Morgan fingerprint density at radius 2 is 2.31 bits per heavy atom. The first-order valence-electron chi connectivity index (χ1n) is 5.11. The second kappa shape index (κ2) is 5.26. The van der Waals surface area contributed by atoms with Crippen LogP contribution in [0.5, 0.6) is 0 Å². The van der Waals surface area contributed by atoms with Crippen molar-refractivity contribution < 1.29 is 0 Å². The van der Waals surface area contributed by atoms with Crippen molar-refractivity contribution in [3.8, 4) is 11.8 Å². The maximum Gasteiger partial charge on any atom is 0.0216 e. The topological polar surface area (TPSA) is 29.3 Å². The molecule has 1 saturated heterocycles. The largest absolute Gasteiger partial charge is 0.327 e. The van der Waals surface area contributed by atoms with Crippen LogP contribution in [0.1, 0.15) is 26.7 Å². The van der Waals surface area contributed by atoms with E-state index >= 15 is 0 Å². The van der Waals surface area contributed by atoms with E-state index in [2.05, 4.69) is 23.7 Å². The van der Waals surface area contributed by atoms with E-state index in [1.807, 2.05) is 6.92 Å². The molecule has 0 bridgehead atoms. The zero-order valence-electron chi connectivity index (χ0n) is 8.71. The Morgan fingerprint density at radius 3 is 2.92 bits per heavy atom. The second-order valence-corrected chi connectivity index (χ2v) is 3.91. The lowest BCUT2D eigenvalue weighted by molar-refractivity contribution is 0.168. The second-order valence-electron chi connectivity index (χ2n) is 3.91. The standard InChI is InChI=1S/C11H20N2/c1-3-4-5-7-13-8-6-11(12)10(2)9-13/h10-11H,5-9,12H2,1-2H3. The van der Waals surface area contributed by atoms with Gasteiger partial charge >= 0.3 is 0 Å². The number of piperidine rings is 1. The van der Waals surface area contributed by atoms with Gasteiger partial charge in [0, 0.05) is 25.6 Å². The average Bonchev–Trinajstić information content (AvgIpc) is 2.12. The lowest BCUT2D eigenvalue weighted by Gasteiger charge is -2.34. The van der Waals surface area contributed by atoms with Gasteiger partial charge in [0.1, 0.15) is 0 Å². The van der Waals surface area contributed by atoms with Crippen LogP contribution in [-0.4, -0.2) is 30.6 Å². The van der Waals surface area contributed by atoms with Crippen LogP contribution in [0.25, 0.3) is 0 Å². The molecule has 0 aliphatic carbocycles. The van der Waals surface area contributed by atoms with Crippen LogP contribution in [0.3, 0.4) is 0 Å². The zero-order chi connectivity index (χ0) is 9.68. The molecule has 0 aromatic carbocycles. The predicted octanol–water partition coefficient (Wildman–Crippen LogP) is 1.07. The molecular formula is C11H20N2. The average molecular weight is 180 g/mol. The fourth-order valence-corrected chi connectivity index (χ4v) is 1.79. The van der Waals surface area contributed by atoms with E-state index in [9.17, 15) is 0 Å². The van der Waals surface area contributed by atoms with Crippen LogP contribution in [0.2, 0.25) is 0 Å². The van der Waals surface area contributed by atoms with Gasteiger partial charge in [0.25, 0.3) is 0 Å². The molecule has 0 aromatic rings. The molecule has 74 valence electrons. The summed E-state index contributed by atoms with van der Waals surface area (Å²) < 4.78 is 0. The summed E-state index contributed by atoms with van der Waals surface area (Å²) in [7, 11) is 0. The Morgan fingerprint density at radius 1 is 1.54 bits per heavy atom. The van der Waals surface area contributed by atoms with Crippen molar-refractivity contribution in [1.82, 2.24) is 4.90 Å². The van der Waals surface area contributed by atoms with E-state index in [1.54, 1.807) is 0 Å². The van der Waals surface area contributed by atoms with Crippen molar-refractivity contribution >= 4 is 0 Å². The molecule has 2 atom stereocenters. The van der Waals surface area contributed by atoms with E-state index in [1.165, 1.54) is 0 Å². The van der Waals surface area contributed by atoms with Crippen molar-refractivity contribution in [1.29, 1.82) is 0 Å². The van der Waals surface area contributed by atoms with E-state index in [4.69, 9.17) is 5.73 Å². The normalized spacial score (nSPS) is 29.5. The maximum absolute atomic E-state index is 5.94. The number of hydrogen-bond donors (Lipinski definition) is 1. The van der Waals surface area contributed by atoms with Gasteiger partial charge in [0.2, 0.25) is 0 Å². The summed E-state index contributed by atoms with van der Waals surface area (Å²) in [5, 5.41) is 0. The van der Waals surface area contributed by atoms with Crippen LogP contribution >= 0.6 is 0 Å². The smallest absolute Gasteiger partial charge is 0.0216 e. The third-order valence-corrected chi connectivity index (χ3v) is 2.79. The first-order chi connectivity index (χ1) is 6.24. The molecule has 0 spiro atoms. The van der Waals surface area contributed by atoms with E-state index in [-0.39, 0.29) is 0 Å². The summed E-state index contributed by atoms with van der Waals surface area (Å²) in [6.45, 7) is 7.54. The summed E-state index contributed by atoms with van der Waals surface area (Å²) in [6.07, 6.45) is 2.14. The van der Waals surface area contributed by atoms with E-state index in [0.29, 0.717) is 12.0 Å². The molecule has 1 aliphatic rings. The summed E-state index contributed by atoms with van der Waals surface area (Å²) in [6, 6.07) is 0.411. The minimum absolute atomic E-state index is 0.411.